The van der Waals surface area contributed by atoms with Gasteiger partial charge in [-0.05, 0) is 19.8 Å². The van der Waals surface area contributed by atoms with Crippen LogP contribution in [0.3, 0.4) is 0 Å². The highest BCUT2D eigenvalue weighted by molar-refractivity contribution is 5.86. The van der Waals surface area contributed by atoms with Gasteiger partial charge in [-0.2, -0.15) is 0 Å². The van der Waals surface area contributed by atoms with Crippen LogP contribution in [-0.4, -0.2) is 38.8 Å². The van der Waals surface area contributed by atoms with E-state index in [2.05, 4.69) is 10.3 Å². The summed E-state index contributed by atoms with van der Waals surface area (Å²) in [4.78, 5) is 10.7. The third-order valence-electron chi connectivity index (χ3n) is 2.59. The fraction of sp³-hybridized carbons (Fsp3) is 0.667. The van der Waals surface area contributed by atoms with Gasteiger partial charge < -0.3 is 9.84 Å². The van der Waals surface area contributed by atoms with E-state index in [1.165, 1.54) is 0 Å². The lowest BCUT2D eigenvalue weighted by molar-refractivity contribution is 0.0689. The van der Waals surface area contributed by atoms with Gasteiger partial charge in [0.25, 0.3) is 0 Å². The van der Waals surface area contributed by atoms with Crippen LogP contribution in [0, 0.1) is 6.92 Å². The number of nitrogens with zero attached hydrogens (tertiary/aromatic N) is 3. The molecule has 82 valence electrons. The van der Waals surface area contributed by atoms with E-state index in [4.69, 9.17) is 9.84 Å². The predicted molar refractivity (Wildman–Crippen MR) is 50.7 cm³/mol. The molecule has 1 atom stereocenters. The van der Waals surface area contributed by atoms with E-state index in [1.807, 2.05) is 0 Å². The molecule has 1 aliphatic heterocycles. The summed E-state index contributed by atoms with van der Waals surface area (Å²) in [6.45, 7) is 3.08. The van der Waals surface area contributed by atoms with Crippen molar-refractivity contribution in [3.63, 3.8) is 0 Å². The number of carbonyl (C=O) groups is 1. The number of aromatic carboxylic acids is 1. The van der Waals surface area contributed by atoms with Gasteiger partial charge >= 0.3 is 5.97 Å². The predicted octanol–water partition coefficient (Wildman–Crippen LogP) is 0.464. The Balaban J connectivity index is 2.11. The maximum absolute atomic E-state index is 10.7. The zero-order valence-electron chi connectivity index (χ0n) is 8.51. The molecule has 1 aromatic heterocycles. The molecular formula is C9H13N3O3. The normalized spacial score (nSPS) is 20.7. The fourth-order valence-electron chi connectivity index (χ4n) is 1.71. The Bertz CT molecular complexity index is 369. The minimum absolute atomic E-state index is 0.0213. The first kappa shape index (κ1) is 10.1. The van der Waals surface area contributed by atoms with Crippen LogP contribution in [0.2, 0.25) is 0 Å². The number of carboxylic acids is 1. The number of aromatic nitrogens is 3. The van der Waals surface area contributed by atoms with Crippen molar-refractivity contribution in [2.75, 3.05) is 6.61 Å². The van der Waals surface area contributed by atoms with Crippen LogP contribution in [0.1, 0.15) is 29.0 Å². The fourth-order valence-corrected chi connectivity index (χ4v) is 1.71. The van der Waals surface area contributed by atoms with Crippen LogP contribution in [0.5, 0.6) is 0 Å². The van der Waals surface area contributed by atoms with Crippen molar-refractivity contribution in [2.24, 2.45) is 0 Å². The molecule has 0 aliphatic carbocycles. The molecule has 0 bridgehead atoms. The third-order valence-corrected chi connectivity index (χ3v) is 2.59. The summed E-state index contributed by atoms with van der Waals surface area (Å²) in [6.07, 6.45) is 2.21. The highest BCUT2D eigenvalue weighted by Gasteiger charge is 2.20. The van der Waals surface area contributed by atoms with Gasteiger partial charge in [-0.15, -0.1) is 5.10 Å². The molecule has 2 rings (SSSR count). The van der Waals surface area contributed by atoms with Crippen LogP contribution in [0.25, 0.3) is 0 Å². The first-order valence-corrected chi connectivity index (χ1v) is 4.93. The molecule has 0 amide bonds. The summed E-state index contributed by atoms with van der Waals surface area (Å²) < 4.78 is 7.04. The molecule has 6 nitrogen and oxygen atoms in total. The van der Waals surface area contributed by atoms with Crippen molar-refractivity contribution in [1.29, 1.82) is 0 Å². The lowest BCUT2D eigenvalue weighted by Gasteiger charge is -2.09. The first-order valence-electron chi connectivity index (χ1n) is 4.93. The number of hydrogen-bond acceptors (Lipinski definition) is 4. The molecule has 1 aromatic rings. The first-order chi connectivity index (χ1) is 7.18. The topological polar surface area (TPSA) is 77.2 Å². The molecular weight excluding hydrogens is 198 g/mol. The summed E-state index contributed by atoms with van der Waals surface area (Å²) in [5.74, 6) is -1.04. The number of hydrogen-bond donors (Lipinski definition) is 1. The number of ether oxygens (including phenoxy) is 1. The van der Waals surface area contributed by atoms with Crippen LogP contribution in [0.15, 0.2) is 0 Å². The van der Waals surface area contributed by atoms with Crippen LogP contribution >= 0.6 is 0 Å². The summed E-state index contributed by atoms with van der Waals surface area (Å²) in [7, 11) is 0. The van der Waals surface area contributed by atoms with Crippen molar-refractivity contribution < 1.29 is 14.6 Å². The minimum Gasteiger partial charge on any atom is -0.476 e. The highest BCUT2D eigenvalue weighted by Crippen LogP contribution is 2.15. The molecule has 0 aromatic carbocycles. The van der Waals surface area contributed by atoms with Crippen molar-refractivity contribution in [3.05, 3.63) is 11.4 Å². The second kappa shape index (κ2) is 3.98. The monoisotopic (exact) mass is 211 g/mol. The van der Waals surface area contributed by atoms with Gasteiger partial charge in [-0.1, -0.05) is 5.21 Å². The lowest BCUT2D eigenvalue weighted by atomic mass is 10.2. The Morgan fingerprint density at radius 3 is 3.07 bits per heavy atom. The average molecular weight is 211 g/mol. The molecule has 0 spiro atoms. The van der Waals surface area contributed by atoms with Crippen molar-refractivity contribution in [3.8, 4) is 0 Å². The van der Waals surface area contributed by atoms with Crippen molar-refractivity contribution in [2.45, 2.75) is 32.4 Å². The second-order valence-electron chi connectivity index (χ2n) is 3.65. The van der Waals surface area contributed by atoms with E-state index in [-0.39, 0.29) is 11.8 Å². The van der Waals surface area contributed by atoms with Gasteiger partial charge in [0.05, 0.1) is 18.3 Å². The van der Waals surface area contributed by atoms with Gasteiger partial charge in [0.2, 0.25) is 0 Å². The summed E-state index contributed by atoms with van der Waals surface area (Å²) >= 11 is 0. The molecule has 6 heteroatoms. The van der Waals surface area contributed by atoms with E-state index in [1.54, 1.807) is 11.6 Å². The van der Waals surface area contributed by atoms with Gasteiger partial charge in [0.15, 0.2) is 5.69 Å². The smallest absolute Gasteiger partial charge is 0.358 e. The molecule has 1 saturated heterocycles. The summed E-state index contributed by atoms with van der Waals surface area (Å²) in [5, 5.41) is 16.2. The van der Waals surface area contributed by atoms with Crippen molar-refractivity contribution in [1.82, 2.24) is 15.0 Å². The van der Waals surface area contributed by atoms with Crippen LogP contribution in [-0.2, 0) is 11.3 Å². The van der Waals surface area contributed by atoms with Gasteiger partial charge in [-0.25, -0.2) is 9.48 Å². The van der Waals surface area contributed by atoms with E-state index in [9.17, 15) is 4.79 Å². The molecule has 1 N–H and O–H groups in total. The van der Waals surface area contributed by atoms with E-state index < -0.39 is 5.97 Å². The minimum atomic E-state index is -1.04. The van der Waals surface area contributed by atoms with Gasteiger partial charge in [0.1, 0.15) is 0 Å². The average Bonchev–Trinajstić information content (AvgIpc) is 2.78. The van der Waals surface area contributed by atoms with Gasteiger partial charge in [0, 0.05) is 6.61 Å². The Kier molecular flexibility index (Phi) is 2.68. The van der Waals surface area contributed by atoms with E-state index in [0.717, 1.165) is 19.4 Å². The Hall–Kier alpha value is -1.43. The molecule has 0 radical (unpaired) electrons. The maximum atomic E-state index is 10.7. The molecule has 2 heterocycles. The molecule has 1 fully saturated rings. The largest absolute Gasteiger partial charge is 0.476 e. The Labute approximate surface area is 86.8 Å². The zero-order chi connectivity index (χ0) is 10.8. The summed E-state index contributed by atoms with van der Waals surface area (Å²) in [5.41, 5.74) is 0.603. The summed E-state index contributed by atoms with van der Waals surface area (Å²) in [6, 6.07) is 0. The molecule has 0 saturated carbocycles. The number of rotatable bonds is 3. The zero-order valence-corrected chi connectivity index (χ0v) is 8.51. The number of carboxylic acid groups (broad SMARTS) is 1. The van der Waals surface area contributed by atoms with Crippen molar-refractivity contribution >= 4 is 5.97 Å². The SMILES string of the molecule is Cc1c(C(=O)O)nnn1CC1CCCO1. The highest BCUT2D eigenvalue weighted by atomic mass is 16.5. The van der Waals surface area contributed by atoms with Crippen LogP contribution in [0.4, 0.5) is 0 Å². The third kappa shape index (κ3) is 1.99. The standard InChI is InChI=1S/C9H13N3O3/c1-6-8(9(13)14)10-11-12(6)5-7-3-2-4-15-7/h7H,2-5H2,1H3,(H,13,14). The Morgan fingerprint density at radius 1 is 1.73 bits per heavy atom. The molecule has 15 heavy (non-hydrogen) atoms. The quantitative estimate of drug-likeness (QED) is 0.786. The van der Waals surface area contributed by atoms with Gasteiger partial charge in [-0.3, -0.25) is 0 Å². The molecule has 1 unspecified atom stereocenters. The maximum Gasteiger partial charge on any atom is 0.358 e. The lowest BCUT2D eigenvalue weighted by Crippen LogP contribution is -2.17. The molecule has 1 aliphatic rings. The van der Waals surface area contributed by atoms with E-state index >= 15 is 0 Å². The second-order valence-corrected chi connectivity index (χ2v) is 3.65. The Morgan fingerprint density at radius 2 is 2.53 bits per heavy atom. The van der Waals surface area contributed by atoms with Crippen LogP contribution < -0.4 is 0 Å². The van der Waals surface area contributed by atoms with E-state index in [0.29, 0.717) is 12.2 Å².